The molecule has 1 N–H and O–H groups in total. The molecule has 6 heteroatoms. The maximum absolute atomic E-state index is 5.63. The second-order valence-corrected chi connectivity index (χ2v) is 6.22. The van der Waals surface area contributed by atoms with Gasteiger partial charge in [-0.15, -0.1) is 0 Å². The lowest BCUT2D eigenvalue weighted by molar-refractivity contribution is 0.0342. The Morgan fingerprint density at radius 2 is 1.80 bits per heavy atom. The zero-order valence-corrected chi connectivity index (χ0v) is 14.2. The second kappa shape index (κ2) is 7.72. The van der Waals surface area contributed by atoms with E-state index in [1.165, 1.54) is 5.56 Å². The molecule has 6 nitrogen and oxygen atoms in total. The van der Waals surface area contributed by atoms with Gasteiger partial charge in [0.1, 0.15) is 13.2 Å². The molecule has 0 spiro atoms. The SMILES string of the molecule is c1ccc(NCc2cc3c(cn2)OCCO3)c(CN2CCOCC2)c1. The van der Waals surface area contributed by atoms with E-state index in [2.05, 4.69) is 39.5 Å². The van der Waals surface area contributed by atoms with Gasteiger partial charge in [0.25, 0.3) is 0 Å². The van der Waals surface area contributed by atoms with Gasteiger partial charge in [0.05, 0.1) is 31.6 Å². The Morgan fingerprint density at radius 1 is 1.00 bits per heavy atom. The molecule has 2 aliphatic heterocycles. The van der Waals surface area contributed by atoms with Crippen LogP contribution in [0.4, 0.5) is 5.69 Å². The van der Waals surface area contributed by atoms with Gasteiger partial charge in [-0.3, -0.25) is 9.88 Å². The van der Waals surface area contributed by atoms with E-state index in [-0.39, 0.29) is 0 Å². The number of pyridine rings is 1. The molecule has 0 radical (unpaired) electrons. The van der Waals surface area contributed by atoms with Crippen LogP contribution in [0.2, 0.25) is 0 Å². The summed E-state index contributed by atoms with van der Waals surface area (Å²) in [7, 11) is 0. The molecule has 1 aromatic carbocycles. The number of anilines is 1. The maximum atomic E-state index is 5.63. The number of ether oxygens (including phenoxy) is 3. The zero-order valence-electron chi connectivity index (χ0n) is 14.2. The number of aromatic nitrogens is 1. The zero-order chi connectivity index (χ0) is 16.9. The minimum absolute atomic E-state index is 0.585. The van der Waals surface area contributed by atoms with Crippen molar-refractivity contribution in [1.82, 2.24) is 9.88 Å². The smallest absolute Gasteiger partial charge is 0.179 e. The second-order valence-electron chi connectivity index (χ2n) is 6.22. The summed E-state index contributed by atoms with van der Waals surface area (Å²) in [5, 5.41) is 3.51. The molecule has 3 heterocycles. The average Bonchev–Trinajstić information content (AvgIpc) is 2.68. The molecule has 25 heavy (non-hydrogen) atoms. The molecule has 0 bridgehead atoms. The molecule has 2 aliphatic rings. The van der Waals surface area contributed by atoms with Gasteiger partial charge in [-0.05, 0) is 11.6 Å². The van der Waals surface area contributed by atoms with Gasteiger partial charge in [-0.25, -0.2) is 0 Å². The van der Waals surface area contributed by atoms with Crippen molar-refractivity contribution in [1.29, 1.82) is 0 Å². The molecule has 0 unspecified atom stereocenters. The summed E-state index contributed by atoms with van der Waals surface area (Å²) in [5.41, 5.74) is 3.37. The Bertz CT molecular complexity index is 717. The van der Waals surface area contributed by atoms with Crippen LogP contribution >= 0.6 is 0 Å². The number of fused-ring (bicyclic) bond motifs is 1. The van der Waals surface area contributed by atoms with E-state index in [1.54, 1.807) is 6.20 Å². The van der Waals surface area contributed by atoms with Crippen LogP contribution < -0.4 is 14.8 Å². The molecule has 0 atom stereocenters. The summed E-state index contributed by atoms with van der Waals surface area (Å²) in [6, 6.07) is 10.4. The monoisotopic (exact) mass is 341 g/mol. The summed E-state index contributed by atoms with van der Waals surface area (Å²) in [5.74, 6) is 1.50. The highest BCUT2D eigenvalue weighted by molar-refractivity contribution is 5.51. The molecule has 1 fully saturated rings. The van der Waals surface area contributed by atoms with Crippen LogP contribution in [-0.2, 0) is 17.8 Å². The molecule has 2 aromatic rings. The summed E-state index contributed by atoms with van der Waals surface area (Å²) in [6.07, 6.45) is 1.74. The Balaban J connectivity index is 1.42. The Labute approximate surface area is 147 Å². The first-order valence-corrected chi connectivity index (χ1v) is 8.75. The number of benzene rings is 1. The van der Waals surface area contributed by atoms with Crippen LogP contribution in [0, 0.1) is 0 Å². The highest BCUT2D eigenvalue weighted by Crippen LogP contribution is 2.29. The maximum Gasteiger partial charge on any atom is 0.179 e. The largest absolute Gasteiger partial charge is 0.486 e. The number of hydrogen-bond donors (Lipinski definition) is 1. The number of para-hydroxylation sites is 1. The van der Waals surface area contributed by atoms with E-state index in [1.807, 2.05) is 6.07 Å². The average molecular weight is 341 g/mol. The van der Waals surface area contributed by atoms with Crippen LogP contribution in [-0.4, -0.2) is 49.4 Å². The fraction of sp³-hybridized carbons (Fsp3) is 0.421. The van der Waals surface area contributed by atoms with Crippen molar-refractivity contribution in [3.8, 4) is 11.5 Å². The first kappa shape index (κ1) is 16.2. The van der Waals surface area contributed by atoms with Crippen LogP contribution in [0.25, 0.3) is 0 Å². The molecule has 1 saturated heterocycles. The molecular weight excluding hydrogens is 318 g/mol. The Morgan fingerprint density at radius 3 is 2.68 bits per heavy atom. The van der Waals surface area contributed by atoms with E-state index in [0.717, 1.165) is 55.7 Å². The summed E-state index contributed by atoms with van der Waals surface area (Å²) in [6.45, 7) is 6.36. The van der Waals surface area contributed by atoms with Crippen molar-refractivity contribution >= 4 is 5.69 Å². The molecule has 0 saturated carbocycles. The van der Waals surface area contributed by atoms with Crippen molar-refractivity contribution in [2.24, 2.45) is 0 Å². The van der Waals surface area contributed by atoms with Crippen molar-refractivity contribution in [3.05, 3.63) is 47.8 Å². The first-order chi connectivity index (χ1) is 12.4. The number of nitrogens with zero attached hydrogens (tertiary/aromatic N) is 2. The van der Waals surface area contributed by atoms with E-state index in [4.69, 9.17) is 14.2 Å². The molecule has 1 aromatic heterocycles. The van der Waals surface area contributed by atoms with Crippen molar-refractivity contribution in [3.63, 3.8) is 0 Å². The van der Waals surface area contributed by atoms with Gasteiger partial charge in [-0.1, -0.05) is 18.2 Å². The van der Waals surface area contributed by atoms with E-state index in [0.29, 0.717) is 19.8 Å². The van der Waals surface area contributed by atoms with Crippen LogP contribution in [0.15, 0.2) is 36.5 Å². The van der Waals surface area contributed by atoms with Gasteiger partial charge in [0.15, 0.2) is 11.5 Å². The fourth-order valence-electron chi connectivity index (χ4n) is 3.10. The molecule has 0 amide bonds. The van der Waals surface area contributed by atoms with E-state index < -0.39 is 0 Å². The summed E-state index contributed by atoms with van der Waals surface area (Å²) < 4.78 is 16.6. The Kier molecular flexibility index (Phi) is 4.99. The molecular formula is C19H23N3O3. The standard InChI is InChI=1S/C19H23N3O3/c1-2-4-17(15(3-1)14-22-5-7-23-8-6-22)21-12-16-11-18-19(13-20-16)25-10-9-24-18/h1-4,11,13,21H,5-10,12,14H2. The topological polar surface area (TPSA) is 55.9 Å². The highest BCUT2D eigenvalue weighted by atomic mass is 16.6. The third-order valence-electron chi connectivity index (χ3n) is 4.46. The number of morpholine rings is 1. The van der Waals surface area contributed by atoms with E-state index in [9.17, 15) is 0 Å². The minimum Gasteiger partial charge on any atom is -0.486 e. The van der Waals surface area contributed by atoms with E-state index >= 15 is 0 Å². The van der Waals surface area contributed by atoms with Crippen LogP contribution in [0.1, 0.15) is 11.3 Å². The lowest BCUT2D eigenvalue weighted by Gasteiger charge is -2.27. The lowest BCUT2D eigenvalue weighted by atomic mass is 10.1. The van der Waals surface area contributed by atoms with Gasteiger partial charge >= 0.3 is 0 Å². The predicted octanol–water partition coefficient (Wildman–Crippen LogP) is 2.30. The quantitative estimate of drug-likeness (QED) is 0.901. The minimum atomic E-state index is 0.585. The van der Waals surface area contributed by atoms with Crippen LogP contribution in [0.3, 0.4) is 0 Å². The third kappa shape index (κ3) is 4.03. The highest BCUT2D eigenvalue weighted by Gasteiger charge is 2.14. The number of hydrogen-bond acceptors (Lipinski definition) is 6. The van der Waals surface area contributed by atoms with Crippen molar-refractivity contribution in [2.75, 3.05) is 44.8 Å². The first-order valence-electron chi connectivity index (χ1n) is 8.75. The van der Waals surface area contributed by atoms with Crippen molar-refractivity contribution in [2.45, 2.75) is 13.1 Å². The normalized spacial score (nSPS) is 17.3. The van der Waals surface area contributed by atoms with Gasteiger partial charge in [0.2, 0.25) is 0 Å². The van der Waals surface area contributed by atoms with Crippen molar-refractivity contribution < 1.29 is 14.2 Å². The predicted molar refractivity (Wildman–Crippen MR) is 95.1 cm³/mol. The number of rotatable bonds is 5. The Hall–Kier alpha value is -2.31. The molecule has 4 rings (SSSR count). The van der Waals surface area contributed by atoms with Gasteiger partial charge < -0.3 is 19.5 Å². The fourth-order valence-corrected chi connectivity index (χ4v) is 3.10. The summed E-state index contributed by atoms with van der Waals surface area (Å²) in [4.78, 5) is 6.88. The number of nitrogens with one attached hydrogen (secondary N) is 1. The lowest BCUT2D eigenvalue weighted by Crippen LogP contribution is -2.35. The van der Waals surface area contributed by atoms with Gasteiger partial charge in [0, 0.05) is 31.4 Å². The summed E-state index contributed by atoms with van der Waals surface area (Å²) >= 11 is 0. The third-order valence-corrected chi connectivity index (χ3v) is 4.46. The molecule has 132 valence electrons. The molecule has 0 aliphatic carbocycles. The van der Waals surface area contributed by atoms with Crippen LogP contribution in [0.5, 0.6) is 11.5 Å². The van der Waals surface area contributed by atoms with Gasteiger partial charge in [-0.2, -0.15) is 0 Å².